The minimum absolute atomic E-state index is 0.114. The molecule has 1 aromatic heterocycles. The summed E-state index contributed by atoms with van der Waals surface area (Å²) in [5, 5.41) is 1.01. The number of ketones is 1. The number of carbonyl (C=O) groups excluding carboxylic acids is 1. The topological polar surface area (TPSA) is 56.0 Å². The largest absolute Gasteiger partial charge is 0.330 e. The fraction of sp³-hybridized carbons (Fsp3) is 0.412. The Bertz CT molecular complexity index is 599. The summed E-state index contributed by atoms with van der Waals surface area (Å²) in [5.74, 6) is 0.166. The van der Waals surface area contributed by atoms with E-state index >= 15 is 0 Å². The average molecular weight is 270 g/mol. The van der Waals surface area contributed by atoms with Gasteiger partial charge in [-0.25, -0.2) is 0 Å². The van der Waals surface area contributed by atoms with E-state index in [4.69, 9.17) is 5.73 Å². The van der Waals surface area contributed by atoms with Gasteiger partial charge in [-0.15, -0.1) is 0 Å². The molecule has 0 saturated carbocycles. The van der Waals surface area contributed by atoms with Crippen LogP contribution in [0.4, 0.5) is 0 Å². The first-order valence-corrected chi connectivity index (χ1v) is 7.10. The second-order valence-electron chi connectivity index (χ2n) is 6.01. The molecule has 106 valence electrons. The zero-order chi connectivity index (χ0) is 14.6. The minimum atomic E-state index is 0.114. The number of fused-ring (bicyclic) bond motifs is 1. The molecule has 0 spiro atoms. The summed E-state index contributed by atoms with van der Waals surface area (Å²) in [4.78, 5) is 16.8. The van der Waals surface area contributed by atoms with Gasteiger partial charge in [-0.2, -0.15) is 0 Å². The number of Topliss-reactive ketones (excluding diaryl/α,β-unsaturated/α-hetero) is 1. The molecular formula is C17H22N2O. The van der Waals surface area contributed by atoms with Crippen LogP contribution in [0.1, 0.15) is 43.5 Å². The maximum absolute atomic E-state index is 12.4. The first-order valence-electron chi connectivity index (χ1n) is 7.10. The minimum Gasteiger partial charge on any atom is -0.330 e. The van der Waals surface area contributed by atoms with Crippen molar-refractivity contribution in [2.24, 2.45) is 11.1 Å². The molecule has 1 heterocycles. The number of hydrogen-bond acceptors (Lipinski definition) is 3. The van der Waals surface area contributed by atoms with Crippen molar-refractivity contribution in [1.82, 2.24) is 4.98 Å². The van der Waals surface area contributed by atoms with Crippen LogP contribution in [-0.4, -0.2) is 17.3 Å². The second-order valence-corrected chi connectivity index (χ2v) is 6.01. The van der Waals surface area contributed by atoms with Crippen LogP contribution < -0.4 is 5.73 Å². The summed E-state index contributed by atoms with van der Waals surface area (Å²) in [7, 11) is 0. The summed E-state index contributed by atoms with van der Waals surface area (Å²) in [6.07, 6.45) is 4.07. The number of nitrogens with two attached hydrogens (primary N) is 1. The van der Waals surface area contributed by atoms with Gasteiger partial charge in [0.15, 0.2) is 5.78 Å². The number of pyridine rings is 1. The van der Waals surface area contributed by atoms with Gasteiger partial charge in [0.2, 0.25) is 0 Å². The van der Waals surface area contributed by atoms with Gasteiger partial charge >= 0.3 is 0 Å². The lowest BCUT2D eigenvalue weighted by Crippen LogP contribution is -2.18. The summed E-state index contributed by atoms with van der Waals surface area (Å²) >= 11 is 0. The Morgan fingerprint density at radius 1 is 1.20 bits per heavy atom. The maximum atomic E-state index is 12.4. The molecule has 0 fully saturated rings. The maximum Gasteiger partial charge on any atom is 0.165 e. The van der Waals surface area contributed by atoms with Crippen molar-refractivity contribution in [1.29, 1.82) is 0 Å². The number of aromatic nitrogens is 1. The molecule has 0 aliphatic rings. The van der Waals surface area contributed by atoms with Crippen molar-refractivity contribution in [3.63, 3.8) is 0 Å². The number of para-hydroxylation sites is 1. The molecule has 2 rings (SSSR count). The van der Waals surface area contributed by atoms with E-state index in [9.17, 15) is 4.79 Å². The molecular weight excluding hydrogens is 248 g/mol. The standard InChI is InChI=1S/C17H22N2O/c1-17(2,10-11-18)9-8-15(20)14-7-3-5-13-6-4-12-19-16(13)14/h3-7,12H,8-11,18H2,1-2H3. The average Bonchev–Trinajstić information content (AvgIpc) is 2.44. The molecule has 0 saturated heterocycles. The van der Waals surface area contributed by atoms with Gasteiger partial charge < -0.3 is 5.73 Å². The smallest absolute Gasteiger partial charge is 0.165 e. The van der Waals surface area contributed by atoms with E-state index in [-0.39, 0.29) is 11.2 Å². The first-order chi connectivity index (χ1) is 9.53. The van der Waals surface area contributed by atoms with Crippen molar-refractivity contribution in [3.8, 4) is 0 Å². The van der Waals surface area contributed by atoms with Crippen molar-refractivity contribution >= 4 is 16.7 Å². The fourth-order valence-corrected chi connectivity index (χ4v) is 2.43. The van der Waals surface area contributed by atoms with Crippen LogP contribution in [-0.2, 0) is 0 Å². The van der Waals surface area contributed by atoms with E-state index in [0.29, 0.717) is 13.0 Å². The van der Waals surface area contributed by atoms with Crippen LogP contribution in [0.5, 0.6) is 0 Å². The number of benzene rings is 1. The van der Waals surface area contributed by atoms with Crippen LogP contribution in [0, 0.1) is 5.41 Å². The van der Waals surface area contributed by atoms with Gasteiger partial charge in [0.05, 0.1) is 5.52 Å². The Labute approximate surface area is 120 Å². The van der Waals surface area contributed by atoms with Gasteiger partial charge in [0.1, 0.15) is 0 Å². The third-order valence-corrected chi connectivity index (χ3v) is 3.78. The lowest BCUT2D eigenvalue weighted by molar-refractivity contribution is 0.0963. The summed E-state index contributed by atoms with van der Waals surface area (Å²) in [6.45, 7) is 4.99. The molecule has 0 radical (unpaired) electrons. The van der Waals surface area contributed by atoms with E-state index < -0.39 is 0 Å². The Kier molecular flexibility index (Phi) is 4.50. The highest BCUT2D eigenvalue weighted by Crippen LogP contribution is 2.27. The van der Waals surface area contributed by atoms with Crippen LogP contribution >= 0.6 is 0 Å². The highest BCUT2D eigenvalue weighted by Gasteiger charge is 2.19. The summed E-state index contributed by atoms with van der Waals surface area (Å²) < 4.78 is 0. The molecule has 0 atom stereocenters. The van der Waals surface area contributed by atoms with E-state index in [1.165, 1.54) is 0 Å². The van der Waals surface area contributed by atoms with Crippen LogP contribution in [0.25, 0.3) is 10.9 Å². The molecule has 3 heteroatoms. The SMILES string of the molecule is CC(C)(CCN)CCC(=O)c1cccc2cccnc12. The third-order valence-electron chi connectivity index (χ3n) is 3.78. The van der Waals surface area contributed by atoms with E-state index in [0.717, 1.165) is 29.3 Å². The van der Waals surface area contributed by atoms with Gasteiger partial charge in [-0.05, 0) is 36.9 Å². The van der Waals surface area contributed by atoms with Gasteiger partial charge in [-0.1, -0.05) is 32.0 Å². The summed E-state index contributed by atoms with van der Waals surface area (Å²) in [5.41, 5.74) is 7.26. The molecule has 0 unspecified atom stereocenters. The monoisotopic (exact) mass is 270 g/mol. The van der Waals surface area contributed by atoms with Gasteiger partial charge in [0.25, 0.3) is 0 Å². The number of rotatable bonds is 6. The number of nitrogens with zero attached hydrogens (tertiary/aromatic N) is 1. The quantitative estimate of drug-likeness (QED) is 0.816. The Hall–Kier alpha value is -1.74. The molecule has 3 nitrogen and oxygen atoms in total. The highest BCUT2D eigenvalue weighted by atomic mass is 16.1. The molecule has 2 aromatic rings. The predicted octanol–water partition coefficient (Wildman–Crippen LogP) is 3.57. The molecule has 0 aliphatic carbocycles. The molecule has 2 N–H and O–H groups in total. The third kappa shape index (κ3) is 3.42. The zero-order valence-electron chi connectivity index (χ0n) is 12.2. The van der Waals surface area contributed by atoms with E-state index in [1.54, 1.807) is 6.20 Å². The second kappa shape index (κ2) is 6.14. The van der Waals surface area contributed by atoms with E-state index in [2.05, 4.69) is 18.8 Å². The zero-order valence-corrected chi connectivity index (χ0v) is 12.2. The Morgan fingerprint density at radius 2 is 1.95 bits per heavy atom. The van der Waals surface area contributed by atoms with E-state index in [1.807, 2.05) is 30.3 Å². The molecule has 0 bridgehead atoms. The Morgan fingerprint density at radius 3 is 2.70 bits per heavy atom. The normalized spacial score (nSPS) is 11.8. The molecule has 0 aliphatic heterocycles. The van der Waals surface area contributed by atoms with Crippen molar-refractivity contribution in [3.05, 3.63) is 42.1 Å². The lowest BCUT2D eigenvalue weighted by atomic mass is 9.83. The molecule has 1 aromatic carbocycles. The van der Waals surface area contributed by atoms with Crippen molar-refractivity contribution < 1.29 is 4.79 Å². The van der Waals surface area contributed by atoms with Crippen LogP contribution in [0.15, 0.2) is 36.5 Å². The van der Waals surface area contributed by atoms with Gasteiger partial charge in [-0.3, -0.25) is 9.78 Å². The van der Waals surface area contributed by atoms with Crippen LogP contribution in [0.2, 0.25) is 0 Å². The predicted molar refractivity (Wildman–Crippen MR) is 82.8 cm³/mol. The molecule has 20 heavy (non-hydrogen) atoms. The van der Waals surface area contributed by atoms with Gasteiger partial charge in [0, 0.05) is 23.6 Å². The molecule has 0 amide bonds. The first kappa shape index (κ1) is 14.7. The highest BCUT2D eigenvalue weighted by molar-refractivity contribution is 6.06. The summed E-state index contributed by atoms with van der Waals surface area (Å²) in [6, 6.07) is 9.64. The number of carbonyl (C=O) groups is 1. The van der Waals surface area contributed by atoms with Crippen LogP contribution in [0.3, 0.4) is 0 Å². The number of hydrogen-bond donors (Lipinski definition) is 1. The Balaban J connectivity index is 2.16. The lowest BCUT2D eigenvalue weighted by Gasteiger charge is -2.23. The fourth-order valence-electron chi connectivity index (χ4n) is 2.43. The van der Waals surface area contributed by atoms with Crippen molar-refractivity contribution in [2.45, 2.75) is 33.1 Å². The van der Waals surface area contributed by atoms with Crippen molar-refractivity contribution in [2.75, 3.05) is 6.54 Å².